The number of piperazine rings is 1. The summed E-state index contributed by atoms with van der Waals surface area (Å²) in [7, 11) is 0. The molecule has 3 aliphatic rings. The first-order valence-corrected chi connectivity index (χ1v) is 11.8. The van der Waals surface area contributed by atoms with Crippen molar-refractivity contribution in [2.24, 2.45) is 0 Å². The Hall–Kier alpha value is -2.84. The van der Waals surface area contributed by atoms with Gasteiger partial charge in [0.05, 0.1) is 6.54 Å². The van der Waals surface area contributed by atoms with Crippen molar-refractivity contribution in [2.45, 2.75) is 32.8 Å². The fourth-order valence-electron chi connectivity index (χ4n) is 5.00. The van der Waals surface area contributed by atoms with Crippen molar-refractivity contribution in [3.8, 4) is 17.2 Å². The van der Waals surface area contributed by atoms with Crippen LogP contribution in [0.15, 0.2) is 24.3 Å². The van der Waals surface area contributed by atoms with Crippen LogP contribution in [0.1, 0.15) is 34.6 Å². The van der Waals surface area contributed by atoms with Gasteiger partial charge in [0, 0.05) is 61.5 Å². The fraction of sp³-hybridized carbons (Fsp3) is 0.520. The Kier molecular flexibility index (Phi) is 6.12. The molecule has 5 rings (SSSR count). The quantitative estimate of drug-likeness (QED) is 0.648. The number of aryl methyl sites for hydroxylation is 1. The molecule has 3 aliphatic heterocycles. The molecule has 33 heavy (non-hydrogen) atoms. The van der Waals surface area contributed by atoms with Crippen LogP contribution >= 0.6 is 0 Å². The molecular formula is C25H31N3O5. The Balaban J connectivity index is 1.24. The standard InChI is InChI=1S/C25H31N3O5/c1-17-14-20(18(2)28(17)19-5-6-22-24(15-19)33-13-12-32-22)21(29)16-26-7-9-27(10-8-26)25(30)23-4-3-11-31-23/h5-6,14-15,23H,3-4,7-13,16H2,1-2H3. The third-order valence-electron chi connectivity index (χ3n) is 6.77. The van der Waals surface area contributed by atoms with E-state index in [0.29, 0.717) is 52.5 Å². The summed E-state index contributed by atoms with van der Waals surface area (Å²) in [6.07, 6.45) is 1.50. The second-order valence-corrected chi connectivity index (χ2v) is 8.97. The number of amides is 1. The van der Waals surface area contributed by atoms with Crippen LogP contribution in [0.3, 0.4) is 0 Å². The fourth-order valence-corrected chi connectivity index (χ4v) is 5.00. The second kappa shape index (κ2) is 9.19. The average molecular weight is 454 g/mol. The number of ketones is 1. The number of aromatic nitrogens is 1. The van der Waals surface area contributed by atoms with Crippen LogP contribution < -0.4 is 9.47 Å². The molecule has 0 N–H and O–H groups in total. The van der Waals surface area contributed by atoms with Crippen molar-refractivity contribution >= 4 is 11.7 Å². The van der Waals surface area contributed by atoms with Crippen LogP contribution in [0.4, 0.5) is 0 Å². The van der Waals surface area contributed by atoms with Crippen molar-refractivity contribution in [1.29, 1.82) is 0 Å². The van der Waals surface area contributed by atoms with Gasteiger partial charge in [-0.1, -0.05) is 0 Å². The van der Waals surface area contributed by atoms with Gasteiger partial charge in [0.1, 0.15) is 19.3 Å². The van der Waals surface area contributed by atoms with E-state index in [9.17, 15) is 9.59 Å². The molecule has 0 aliphatic carbocycles. The highest BCUT2D eigenvalue weighted by atomic mass is 16.6. The second-order valence-electron chi connectivity index (χ2n) is 8.97. The van der Waals surface area contributed by atoms with Crippen molar-refractivity contribution in [3.05, 3.63) is 41.2 Å². The van der Waals surface area contributed by atoms with Gasteiger partial charge >= 0.3 is 0 Å². The normalized spacial score (nSPS) is 20.8. The first-order valence-electron chi connectivity index (χ1n) is 11.8. The van der Waals surface area contributed by atoms with Crippen molar-refractivity contribution in [1.82, 2.24) is 14.4 Å². The number of carbonyl (C=O) groups is 2. The Morgan fingerprint density at radius 3 is 2.45 bits per heavy atom. The number of benzene rings is 1. The van der Waals surface area contributed by atoms with Crippen LogP contribution in [0, 0.1) is 13.8 Å². The largest absolute Gasteiger partial charge is 0.486 e. The molecule has 0 saturated carbocycles. The number of ether oxygens (including phenoxy) is 3. The zero-order valence-corrected chi connectivity index (χ0v) is 19.3. The molecular weight excluding hydrogens is 422 g/mol. The predicted octanol–water partition coefficient (Wildman–Crippen LogP) is 2.37. The minimum Gasteiger partial charge on any atom is -0.486 e. The summed E-state index contributed by atoms with van der Waals surface area (Å²) >= 11 is 0. The molecule has 0 radical (unpaired) electrons. The first-order chi connectivity index (χ1) is 16.0. The predicted molar refractivity (Wildman–Crippen MR) is 123 cm³/mol. The van der Waals surface area contributed by atoms with E-state index in [1.54, 1.807) is 0 Å². The summed E-state index contributed by atoms with van der Waals surface area (Å²) in [5, 5.41) is 0. The van der Waals surface area contributed by atoms with Gasteiger partial charge in [-0.3, -0.25) is 14.5 Å². The smallest absolute Gasteiger partial charge is 0.251 e. The lowest BCUT2D eigenvalue weighted by atomic mass is 10.1. The number of rotatable bonds is 5. The maximum Gasteiger partial charge on any atom is 0.251 e. The Morgan fingerprint density at radius 1 is 0.970 bits per heavy atom. The zero-order valence-electron chi connectivity index (χ0n) is 19.3. The van der Waals surface area contributed by atoms with E-state index in [1.807, 2.05) is 43.0 Å². The molecule has 1 unspecified atom stereocenters. The number of nitrogens with zero attached hydrogens (tertiary/aromatic N) is 3. The van der Waals surface area contributed by atoms with Gasteiger partial charge < -0.3 is 23.7 Å². The molecule has 8 nitrogen and oxygen atoms in total. The van der Waals surface area contributed by atoms with E-state index in [4.69, 9.17) is 14.2 Å². The molecule has 4 heterocycles. The van der Waals surface area contributed by atoms with E-state index >= 15 is 0 Å². The molecule has 1 amide bonds. The van der Waals surface area contributed by atoms with E-state index in [1.165, 1.54) is 0 Å². The van der Waals surface area contributed by atoms with Crippen LogP contribution in [-0.2, 0) is 9.53 Å². The van der Waals surface area contributed by atoms with Gasteiger partial charge in [0.2, 0.25) is 0 Å². The maximum absolute atomic E-state index is 13.2. The topological polar surface area (TPSA) is 73.2 Å². The summed E-state index contributed by atoms with van der Waals surface area (Å²) in [5.41, 5.74) is 3.61. The van der Waals surface area contributed by atoms with E-state index in [2.05, 4.69) is 9.47 Å². The molecule has 0 bridgehead atoms. The summed E-state index contributed by atoms with van der Waals surface area (Å²) in [4.78, 5) is 29.8. The van der Waals surface area contributed by atoms with Gasteiger partial charge in [0.25, 0.3) is 5.91 Å². The molecule has 8 heteroatoms. The SMILES string of the molecule is Cc1cc(C(=O)CN2CCN(C(=O)C3CCCO3)CC2)c(C)n1-c1ccc2c(c1)OCCO2. The third-order valence-corrected chi connectivity index (χ3v) is 6.77. The van der Waals surface area contributed by atoms with Gasteiger partial charge in [0.15, 0.2) is 17.3 Å². The molecule has 1 aromatic carbocycles. The van der Waals surface area contributed by atoms with Crippen LogP contribution in [0.25, 0.3) is 5.69 Å². The maximum atomic E-state index is 13.2. The Labute approximate surface area is 194 Å². The molecule has 2 saturated heterocycles. The van der Waals surface area contributed by atoms with Crippen molar-refractivity contribution in [3.63, 3.8) is 0 Å². The number of hydrogen-bond acceptors (Lipinski definition) is 6. The van der Waals surface area contributed by atoms with Gasteiger partial charge in [-0.25, -0.2) is 0 Å². The molecule has 176 valence electrons. The third kappa shape index (κ3) is 4.37. The van der Waals surface area contributed by atoms with E-state index < -0.39 is 0 Å². The lowest BCUT2D eigenvalue weighted by Gasteiger charge is -2.35. The van der Waals surface area contributed by atoms with Gasteiger partial charge in [-0.05, 0) is 44.9 Å². The van der Waals surface area contributed by atoms with Crippen LogP contribution in [0.2, 0.25) is 0 Å². The number of fused-ring (bicyclic) bond motifs is 1. The highest BCUT2D eigenvalue weighted by Crippen LogP contribution is 2.33. The van der Waals surface area contributed by atoms with Gasteiger partial charge in [-0.2, -0.15) is 0 Å². The summed E-state index contributed by atoms with van der Waals surface area (Å²) in [6, 6.07) is 7.84. The first kappa shape index (κ1) is 22.0. The molecule has 1 atom stereocenters. The lowest BCUT2D eigenvalue weighted by molar-refractivity contribution is -0.142. The Morgan fingerprint density at radius 2 is 1.73 bits per heavy atom. The number of carbonyl (C=O) groups excluding carboxylic acids is 2. The zero-order chi connectivity index (χ0) is 22.9. The lowest BCUT2D eigenvalue weighted by Crippen LogP contribution is -2.52. The summed E-state index contributed by atoms with van der Waals surface area (Å²) < 4.78 is 19.0. The van der Waals surface area contributed by atoms with E-state index in [-0.39, 0.29) is 17.8 Å². The van der Waals surface area contributed by atoms with Gasteiger partial charge in [-0.15, -0.1) is 0 Å². The molecule has 0 spiro atoms. The monoisotopic (exact) mass is 453 g/mol. The van der Waals surface area contributed by atoms with Crippen molar-refractivity contribution in [2.75, 3.05) is 52.5 Å². The average Bonchev–Trinajstić information content (AvgIpc) is 3.47. The van der Waals surface area contributed by atoms with E-state index in [0.717, 1.165) is 47.0 Å². The Bertz CT molecular complexity index is 1050. The number of hydrogen-bond donors (Lipinski definition) is 0. The molecule has 1 aromatic heterocycles. The van der Waals surface area contributed by atoms with Crippen molar-refractivity contribution < 1.29 is 23.8 Å². The summed E-state index contributed by atoms with van der Waals surface area (Å²) in [5.74, 6) is 1.68. The van der Waals surface area contributed by atoms with Crippen LogP contribution in [-0.4, -0.2) is 84.7 Å². The minimum atomic E-state index is -0.274. The van der Waals surface area contributed by atoms with Crippen LogP contribution in [0.5, 0.6) is 11.5 Å². The molecule has 2 aromatic rings. The summed E-state index contributed by atoms with van der Waals surface area (Å²) in [6.45, 7) is 8.80. The molecule has 2 fully saturated rings. The highest BCUT2D eigenvalue weighted by Gasteiger charge is 2.31. The minimum absolute atomic E-state index is 0.0986. The highest BCUT2D eigenvalue weighted by molar-refractivity contribution is 5.99. The number of Topliss-reactive ketones (excluding diaryl/α,β-unsaturated/α-hetero) is 1.